The van der Waals surface area contributed by atoms with Crippen LogP contribution in [-0.4, -0.2) is 37.7 Å². The van der Waals surface area contributed by atoms with Crippen molar-refractivity contribution in [2.24, 2.45) is 5.92 Å². The zero-order valence-electron chi connectivity index (χ0n) is 16.0. The Hall–Kier alpha value is -1.67. The second kappa shape index (κ2) is 9.89. The van der Waals surface area contributed by atoms with Gasteiger partial charge in [-0.05, 0) is 55.9 Å². The van der Waals surface area contributed by atoms with Gasteiger partial charge in [0.25, 0.3) is 0 Å². The van der Waals surface area contributed by atoms with Crippen LogP contribution in [0.25, 0.3) is 6.08 Å². The molecule has 4 atom stereocenters. The zero-order chi connectivity index (χ0) is 20.9. The first kappa shape index (κ1) is 22.0. The topological polar surface area (TPSA) is 92.7 Å². The molecular weight excluding hydrogens is 414 g/mol. The number of hydrogen-bond acceptors (Lipinski definition) is 4. The molecule has 158 valence electrons. The number of carbonyl (C=O) groups is 1. The number of sulfonamides is 1. The monoisotopic (exact) mass is 439 g/mol. The smallest absolute Gasteiger partial charge is 0.303 e. The molecule has 0 aliphatic carbocycles. The summed E-state index contributed by atoms with van der Waals surface area (Å²) in [5.74, 6) is -0.709. The number of benzene rings is 1. The summed E-state index contributed by atoms with van der Waals surface area (Å²) in [7, 11) is -3.62. The van der Waals surface area contributed by atoms with Gasteiger partial charge < -0.3 is 9.84 Å². The third-order valence-electron chi connectivity index (χ3n) is 5.35. The van der Waals surface area contributed by atoms with Crippen molar-refractivity contribution in [3.63, 3.8) is 0 Å². The molecule has 0 aromatic heterocycles. The molecule has 0 saturated carbocycles. The number of unbranched alkanes of at least 4 members (excludes halogenated alkanes) is 1. The average Bonchev–Trinajstić information content (AvgIpc) is 3.25. The van der Waals surface area contributed by atoms with Gasteiger partial charge in [0.05, 0.1) is 18.2 Å². The lowest BCUT2D eigenvalue weighted by atomic mass is 9.83. The zero-order valence-corrected chi connectivity index (χ0v) is 17.6. The number of fused-ring (bicyclic) bond motifs is 2. The molecule has 2 heterocycles. The van der Waals surface area contributed by atoms with E-state index in [4.69, 9.17) is 21.4 Å². The summed E-state index contributed by atoms with van der Waals surface area (Å²) < 4.78 is 33.9. The van der Waals surface area contributed by atoms with Crippen LogP contribution in [0.15, 0.2) is 41.8 Å². The SMILES string of the molecule is O=C(O)CCC/C=C/CC1C2CCC(O2)C1NS(=O)(=O)/C=C/c1cccc(Cl)c1. The number of halogens is 1. The molecule has 6 nitrogen and oxygen atoms in total. The van der Waals surface area contributed by atoms with Crippen molar-refractivity contribution in [1.29, 1.82) is 0 Å². The van der Waals surface area contributed by atoms with E-state index in [-0.39, 0.29) is 30.6 Å². The summed E-state index contributed by atoms with van der Waals surface area (Å²) in [6, 6.07) is 6.73. The highest BCUT2D eigenvalue weighted by atomic mass is 35.5. The predicted octanol–water partition coefficient (Wildman–Crippen LogP) is 3.98. The Kier molecular flexibility index (Phi) is 7.51. The Balaban J connectivity index is 1.58. The Morgan fingerprint density at radius 3 is 2.83 bits per heavy atom. The second-order valence-electron chi connectivity index (χ2n) is 7.49. The maximum atomic E-state index is 12.6. The van der Waals surface area contributed by atoms with Crippen molar-refractivity contribution in [3.05, 3.63) is 52.4 Å². The minimum absolute atomic E-state index is 0.0632. The summed E-state index contributed by atoms with van der Waals surface area (Å²) in [5, 5.41) is 10.4. The Labute approximate surface area is 176 Å². The summed E-state index contributed by atoms with van der Waals surface area (Å²) in [6.45, 7) is 0. The maximum absolute atomic E-state index is 12.6. The maximum Gasteiger partial charge on any atom is 0.303 e. The Bertz CT molecular complexity index is 883. The van der Waals surface area contributed by atoms with Crippen LogP contribution in [0, 0.1) is 5.92 Å². The number of ether oxygens (including phenoxy) is 1. The highest BCUT2D eigenvalue weighted by Gasteiger charge is 2.49. The second-order valence-corrected chi connectivity index (χ2v) is 9.53. The average molecular weight is 440 g/mol. The molecule has 8 heteroatoms. The van der Waals surface area contributed by atoms with Crippen molar-refractivity contribution in [1.82, 2.24) is 4.72 Å². The van der Waals surface area contributed by atoms with Gasteiger partial charge in [0.15, 0.2) is 0 Å². The predicted molar refractivity (Wildman–Crippen MR) is 113 cm³/mol. The van der Waals surface area contributed by atoms with Crippen LogP contribution in [0.2, 0.25) is 5.02 Å². The molecule has 1 aromatic rings. The number of allylic oxidation sites excluding steroid dienone is 2. The lowest BCUT2D eigenvalue weighted by Gasteiger charge is -2.27. The van der Waals surface area contributed by atoms with E-state index in [0.717, 1.165) is 12.8 Å². The van der Waals surface area contributed by atoms with E-state index in [0.29, 0.717) is 29.8 Å². The fraction of sp³-hybridized carbons (Fsp3) is 0.476. The van der Waals surface area contributed by atoms with Gasteiger partial charge in [-0.15, -0.1) is 0 Å². The molecule has 3 rings (SSSR count). The fourth-order valence-electron chi connectivity index (χ4n) is 3.99. The van der Waals surface area contributed by atoms with Crippen LogP contribution < -0.4 is 4.72 Å². The molecule has 2 saturated heterocycles. The first-order chi connectivity index (χ1) is 13.8. The molecule has 2 fully saturated rings. The third-order valence-corrected chi connectivity index (χ3v) is 6.68. The fourth-order valence-corrected chi connectivity index (χ4v) is 5.31. The van der Waals surface area contributed by atoms with E-state index in [2.05, 4.69) is 4.72 Å². The molecule has 29 heavy (non-hydrogen) atoms. The quantitative estimate of drug-likeness (QED) is 0.425. The van der Waals surface area contributed by atoms with Crippen LogP contribution in [0.5, 0.6) is 0 Å². The summed E-state index contributed by atoms with van der Waals surface area (Å²) in [4.78, 5) is 10.5. The largest absolute Gasteiger partial charge is 0.481 e. The van der Waals surface area contributed by atoms with Gasteiger partial charge in [-0.3, -0.25) is 4.79 Å². The number of nitrogens with one attached hydrogen (secondary N) is 1. The van der Waals surface area contributed by atoms with Crippen LogP contribution >= 0.6 is 11.6 Å². The number of aliphatic carboxylic acids is 1. The number of rotatable bonds is 10. The minimum atomic E-state index is -3.62. The Morgan fingerprint density at radius 1 is 1.28 bits per heavy atom. The lowest BCUT2D eigenvalue weighted by molar-refractivity contribution is -0.137. The van der Waals surface area contributed by atoms with Crippen molar-refractivity contribution < 1.29 is 23.1 Å². The molecular formula is C21H26ClNO5S. The third kappa shape index (κ3) is 6.40. The number of carboxylic acid groups (broad SMARTS) is 1. The first-order valence-electron chi connectivity index (χ1n) is 9.82. The number of hydrogen-bond donors (Lipinski definition) is 2. The van der Waals surface area contributed by atoms with E-state index < -0.39 is 16.0 Å². The van der Waals surface area contributed by atoms with Gasteiger partial charge in [-0.25, -0.2) is 13.1 Å². The molecule has 0 amide bonds. The first-order valence-corrected chi connectivity index (χ1v) is 11.7. The van der Waals surface area contributed by atoms with Gasteiger partial charge >= 0.3 is 5.97 Å². The van der Waals surface area contributed by atoms with E-state index in [9.17, 15) is 13.2 Å². The molecule has 4 unspecified atom stereocenters. The van der Waals surface area contributed by atoms with E-state index in [1.54, 1.807) is 24.3 Å². The summed E-state index contributed by atoms with van der Waals surface area (Å²) in [5.41, 5.74) is 0.716. The minimum Gasteiger partial charge on any atom is -0.481 e. The highest BCUT2D eigenvalue weighted by molar-refractivity contribution is 7.92. The standard InChI is InChI=1S/C21H26ClNO5S/c22-16-7-5-6-15(14-16)12-13-29(26,27)23-21-17(18-10-11-19(21)28-18)8-3-1-2-4-9-20(24)25/h1,3,5-7,12-14,17-19,21,23H,2,4,8-11H2,(H,24,25)/b3-1+,13-12+. The Morgan fingerprint density at radius 2 is 2.07 bits per heavy atom. The summed E-state index contributed by atoms with van der Waals surface area (Å²) >= 11 is 5.94. The molecule has 2 aliphatic rings. The van der Waals surface area contributed by atoms with Gasteiger partial charge in [0.2, 0.25) is 10.0 Å². The lowest BCUT2D eigenvalue weighted by Crippen LogP contribution is -2.46. The van der Waals surface area contributed by atoms with Crippen LogP contribution in [0.3, 0.4) is 0 Å². The van der Waals surface area contributed by atoms with Crippen molar-refractivity contribution in [2.45, 2.75) is 56.8 Å². The molecule has 0 spiro atoms. The van der Waals surface area contributed by atoms with E-state index >= 15 is 0 Å². The molecule has 2 aliphatic heterocycles. The molecule has 0 radical (unpaired) electrons. The van der Waals surface area contributed by atoms with E-state index in [1.807, 2.05) is 12.2 Å². The van der Waals surface area contributed by atoms with Gasteiger partial charge in [-0.1, -0.05) is 35.9 Å². The van der Waals surface area contributed by atoms with Crippen molar-refractivity contribution in [2.75, 3.05) is 0 Å². The van der Waals surface area contributed by atoms with Gasteiger partial charge in [0.1, 0.15) is 0 Å². The van der Waals surface area contributed by atoms with Crippen LogP contribution in [-0.2, 0) is 19.6 Å². The molecule has 2 N–H and O–H groups in total. The molecule has 2 bridgehead atoms. The van der Waals surface area contributed by atoms with Crippen molar-refractivity contribution >= 4 is 33.7 Å². The van der Waals surface area contributed by atoms with Gasteiger partial charge in [-0.2, -0.15) is 0 Å². The van der Waals surface area contributed by atoms with Gasteiger partial charge in [0, 0.05) is 22.8 Å². The van der Waals surface area contributed by atoms with Crippen LogP contribution in [0.4, 0.5) is 0 Å². The number of carboxylic acids is 1. The summed E-state index contributed by atoms with van der Waals surface area (Å²) in [6.07, 6.45) is 9.44. The van der Waals surface area contributed by atoms with Crippen LogP contribution in [0.1, 0.15) is 44.1 Å². The van der Waals surface area contributed by atoms with E-state index in [1.165, 1.54) is 11.5 Å². The highest BCUT2D eigenvalue weighted by Crippen LogP contribution is 2.41. The molecule has 1 aromatic carbocycles. The van der Waals surface area contributed by atoms with Crippen molar-refractivity contribution in [3.8, 4) is 0 Å². The normalized spacial score (nSPS) is 26.7.